The minimum absolute atomic E-state index is 0. The monoisotopic (exact) mass is 467 g/mol. The summed E-state index contributed by atoms with van der Waals surface area (Å²) in [7, 11) is 0. The molecule has 0 aromatic rings. The minimum Gasteiger partial charge on any atom is -0.480 e. The van der Waals surface area contributed by atoms with E-state index < -0.39 is 5.97 Å². The van der Waals surface area contributed by atoms with Crippen LogP contribution >= 0.6 is 0 Å². The first-order valence-corrected chi connectivity index (χ1v) is 12.9. The minimum atomic E-state index is -1.02. The number of carbonyl (C=O) groups is 2. The lowest BCUT2D eigenvalue weighted by atomic mass is 9.43. The summed E-state index contributed by atoms with van der Waals surface area (Å²) in [6, 6.07) is 0. The standard InChI is InChI=1S/C26H43NO5.H2O/c1-15(4-9-23(30)27-14-24(31)32)19-7-8-20-18-6-5-16-12-17(28)10-11-25(16,2)21(18)13-22(29)26(19,20)3;/h15-22,28-29H,4-14H2,1-3H3,(H,27,30)(H,31,32);1H2/t15-,16?,17-,18+,19-,20+,21+,22+,25+,26-;/m1./s1. The number of carboxylic acids is 1. The molecular formula is C26H45NO6. The molecule has 7 heteroatoms. The third-order valence-electron chi connectivity index (χ3n) is 10.8. The number of carbonyl (C=O) groups excluding carboxylic acids is 1. The van der Waals surface area contributed by atoms with Gasteiger partial charge in [-0.05, 0) is 104 Å². The molecule has 4 aliphatic carbocycles. The van der Waals surface area contributed by atoms with Crippen LogP contribution in [-0.2, 0) is 9.59 Å². The SMILES string of the molecule is C[C@H](CCC(=O)NCC(=O)O)[C@H]1CC[C@H]2[C@@H]3CCC4C[C@H](O)CC[C@]4(C)[C@H]3C[C@H](O)[C@]12C.O. The largest absolute Gasteiger partial charge is 0.480 e. The summed E-state index contributed by atoms with van der Waals surface area (Å²) in [5.41, 5.74) is 0.145. The fourth-order valence-electron chi connectivity index (χ4n) is 8.98. The Morgan fingerprint density at radius 2 is 1.76 bits per heavy atom. The Morgan fingerprint density at radius 1 is 1.03 bits per heavy atom. The highest BCUT2D eigenvalue weighted by molar-refractivity contribution is 5.81. The van der Waals surface area contributed by atoms with Crippen LogP contribution in [0.2, 0.25) is 0 Å². The summed E-state index contributed by atoms with van der Waals surface area (Å²) in [5, 5.41) is 33.0. The molecule has 6 N–H and O–H groups in total. The van der Waals surface area contributed by atoms with Crippen molar-refractivity contribution >= 4 is 11.9 Å². The molecule has 4 rings (SSSR count). The van der Waals surface area contributed by atoms with Gasteiger partial charge in [-0.15, -0.1) is 0 Å². The molecule has 4 aliphatic rings. The number of rotatable bonds is 6. The van der Waals surface area contributed by atoms with Crippen molar-refractivity contribution in [1.29, 1.82) is 0 Å². The normalized spacial score (nSPS) is 45.1. The number of nitrogens with one attached hydrogen (secondary N) is 1. The first-order valence-electron chi connectivity index (χ1n) is 12.9. The Labute approximate surface area is 198 Å². The quantitative estimate of drug-likeness (QED) is 0.476. The molecule has 7 nitrogen and oxygen atoms in total. The van der Waals surface area contributed by atoms with Crippen molar-refractivity contribution in [3.8, 4) is 0 Å². The van der Waals surface area contributed by atoms with Gasteiger partial charge in [0.25, 0.3) is 0 Å². The van der Waals surface area contributed by atoms with E-state index in [2.05, 4.69) is 26.1 Å². The molecule has 0 bridgehead atoms. The van der Waals surface area contributed by atoms with Gasteiger partial charge in [0.1, 0.15) is 6.54 Å². The summed E-state index contributed by atoms with van der Waals surface area (Å²) < 4.78 is 0. The maximum absolute atomic E-state index is 12.0. The van der Waals surface area contributed by atoms with Crippen LogP contribution in [0.4, 0.5) is 0 Å². The highest BCUT2D eigenvalue weighted by atomic mass is 16.4. The number of amides is 1. The zero-order valence-corrected chi connectivity index (χ0v) is 20.6. The van der Waals surface area contributed by atoms with E-state index in [1.54, 1.807) is 0 Å². The summed E-state index contributed by atoms with van der Waals surface area (Å²) >= 11 is 0. The molecule has 0 heterocycles. The van der Waals surface area contributed by atoms with Gasteiger partial charge in [0, 0.05) is 6.42 Å². The topological polar surface area (TPSA) is 138 Å². The Morgan fingerprint density at radius 3 is 2.45 bits per heavy atom. The number of aliphatic carboxylic acids is 1. The second kappa shape index (κ2) is 9.82. The molecule has 0 aromatic heterocycles. The van der Waals surface area contributed by atoms with Gasteiger partial charge in [0.2, 0.25) is 5.91 Å². The zero-order valence-electron chi connectivity index (χ0n) is 20.6. The van der Waals surface area contributed by atoms with Crippen molar-refractivity contribution in [1.82, 2.24) is 5.32 Å². The predicted molar refractivity (Wildman–Crippen MR) is 125 cm³/mol. The van der Waals surface area contributed by atoms with Crippen LogP contribution in [0, 0.1) is 46.3 Å². The molecule has 4 fully saturated rings. The van der Waals surface area contributed by atoms with Crippen molar-refractivity contribution in [3.05, 3.63) is 0 Å². The second-order valence-electron chi connectivity index (χ2n) is 12.1. The van der Waals surface area contributed by atoms with E-state index in [4.69, 9.17) is 5.11 Å². The lowest BCUT2D eigenvalue weighted by Crippen LogP contribution is -2.58. The summed E-state index contributed by atoms with van der Waals surface area (Å²) in [6.45, 7) is 6.65. The molecule has 0 aromatic carbocycles. The van der Waals surface area contributed by atoms with Crippen LogP contribution < -0.4 is 5.32 Å². The molecule has 0 spiro atoms. The number of fused-ring (bicyclic) bond motifs is 5. The van der Waals surface area contributed by atoms with Gasteiger partial charge in [-0.2, -0.15) is 0 Å². The fourth-order valence-corrected chi connectivity index (χ4v) is 8.98. The Bertz CT molecular complexity index is 730. The fraction of sp³-hybridized carbons (Fsp3) is 0.923. The predicted octanol–water partition coefficient (Wildman–Crippen LogP) is 2.77. The number of aliphatic hydroxyl groups excluding tert-OH is 2. The van der Waals surface area contributed by atoms with Gasteiger partial charge in [-0.3, -0.25) is 9.59 Å². The van der Waals surface area contributed by atoms with Crippen molar-refractivity contribution in [3.63, 3.8) is 0 Å². The smallest absolute Gasteiger partial charge is 0.322 e. The van der Waals surface area contributed by atoms with Crippen LogP contribution in [0.15, 0.2) is 0 Å². The van der Waals surface area contributed by atoms with Crippen LogP contribution in [-0.4, -0.2) is 51.4 Å². The Kier molecular flexibility index (Phi) is 7.87. The Hall–Kier alpha value is -1.18. The van der Waals surface area contributed by atoms with E-state index in [-0.39, 0.29) is 41.0 Å². The van der Waals surface area contributed by atoms with E-state index in [0.717, 1.165) is 44.9 Å². The molecule has 0 radical (unpaired) electrons. The zero-order chi connectivity index (χ0) is 23.3. The third-order valence-corrected chi connectivity index (χ3v) is 10.8. The van der Waals surface area contributed by atoms with E-state index in [1.165, 1.54) is 12.8 Å². The Balaban J connectivity index is 0.00000306. The molecule has 33 heavy (non-hydrogen) atoms. The summed E-state index contributed by atoms with van der Waals surface area (Å²) in [6.07, 6.45) is 9.12. The molecule has 10 atom stereocenters. The molecular weight excluding hydrogens is 422 g/mol. The lowest BCUT2D eigenvalue weighted by molar-refractivity contribution is -0.175. The molecule has 0 aliphatic heterocycles. The van der Waals surface area contributed by atoms with Gasteiger partial charge in [-0.25, -0.2) is 0 Å². The van der Waals surface area contributed by atoms with Gasteiger partial charge >= 0.3 is 5.97 Å². The highest BCUT2D eigenvalue weighted by Crippen LogP contribution is 2.68. The van der Waals surface area contributed by atoms with Crippen molar-refractivity contribution in [2.45, 2.75) is 97.2 Å². The number of carboxylic acid groups (broad SMARTS) is 1. The maximum atomic E-state index is 12.0. The van der Waals surface area contributed by atoms with Crippen molar-refractivity contribution in [2.24, 2.45) is 46.3 Å². The van der Waals surface area contributed by atoms with E-state index >= 15 is 0 Å². The average molecular weight is 468 g/mol. The molecule has 0 saturated heterocycles. The lowest BCUT2D eigenvalue weighted by Gasteiger charge is -2.62. The molecule has 4 saturated carbocycles. The first-order chi connectivity index (χ1) is 15.1. The van der Waals surface area contributed by atoms with Crippen LogP contribution in [0.1, 0.15) is 85.0 Å². The highest BCUT2D eigenvalue weighted by Gasteiger charge is 2.63. The maximum Gasteiger partial charge on any atom is 0.322 e. The van der Waals surface area contributed by atoms with Gasteiger partial charge in [0.15, 0.2) is 0 Å². The molecule has 1 amide bonds. The van der Waals surface area contributed by atoms with E-state index in [1.807, 2.05) is 0 Å². The van der Waals surface area contributed by atoms with Gasteiger partial charge in [0.05, 0.1) is 12.2 Å². The van der Waals surface area contributed by atoms with E-state index in [9.17, 15) is 19.8 Å². The van der Waals surface area contributed by atoms with Crippen LogP contribution in [0.25, 0.3) is 0 Å². The van der Waals surface area contributed by atoms with Crippen molar-refractivity contribution < 1.29 is 30.4 Å². The first kappa shape index (κ1) is 26.4. The van der Waals surface area contributed by atoms with Crippen LogP contribution in [0.3, 0.4) is 0 Å². The van der Waals surface area contributed by atoms with Gasteiger partial charge < -0.3 is 26.1 Å². The van der Waals surface area contributed by atoms with E-state index in [0.29, 0.717) is 41.9 Å². The third kappa shape index (κ3) is 4.57. The molecule has 1 unspecified atom stereocenters. The summed E-state index contributed by atoms with van der Waals surface area (Å²) in [4.78, 5) is 22.7. The van der Waals surface area contributed by atoms with Crippen LogP contribution in [0.5, 0.6) is 0 Å². The number of hydrogen-bond acceptors (Lipinski definition) is 4. The average Bonchev–Trinajstić information content (AvgIpc) is 3.10. The summed E-state index contributed by atoms with van der Waals surface area (Å²) in [5.74, 6) is 1.84. The van der Waals surface area contributed by atoms with Gasteiger partial charge in [-0.1, -0.05) is 20.8 Å². The number of hydrogen-bond donors (Lipinski definition) is 4. The molecule has 190 valence electrons. The second-order valence-corrected chi connectivity index (χ2v) is 12.1. The number of aliphatic hydroxyl groups is 2. The van der Waals surface area contributed by atoms with Crippen molar-refractivity contribution in [2.75, 3.05) is 6.54 Å².